The van der Waals surface area contributed by atoms with Crippen LogP contribution >= 0.6 is 22.9 Å². The fourth-order valence-electron chi connectivity index (χ4n) is 1.34. The number of rotatable bonds is 7. The molecule has 0 saturated carbocycles. The van der Waals surface area contributed by atoms with E-state index < -0.39 is 10.0 Å². The number of hydrogen-bond acceptors (Lipinski definition) is 4. The molecular weight excluding hydrogens is 282 g/mol. The number of thiophene rings is 1. The fraction of sp³-hybridized carbons (Fsp3) is 0.600. The van der Waals surface area contributed by atoms with Crippen molar-refractivity contribution in [3.63, 3.8) is 0 Å². The predicted molar refractivity (Wildman–Crippen MR) is 71.2 cm³/mol. The summed E-state index contributed by atoms with van der Waals surface area (Å²) in [6.07, 6.45) is 0.303. The lowest BCUT2D eigenvalue weighted by atomic mass is 10.3. The van der Waals surface area contributed by atoms with Crippen LogP contribution in [0.25, 0.3) is 0 Å². The molecule has 1 aromatic heterocycles. The van der Waals surface area contributed by atoms with E-state index in [1.54, 1.807) is 13.2 Å². The van der Waals surface area contributed by atoms with E-state index in [9.17, 15) is 8.42 Å². The van der Waals surface area contributed by atoms with E-state index >= 15 is 0 Å². The van der Waals surface area contributed by atoms with Crippen LogP contribution in [0.1, 0.15) is 24.3 Å². The van der Waals surface area contributed by atoms with E-state index in [1.165, 1.54) is 11.3 Å². The summed E-state index contributed by atoms with van der Waals surface area (Å²) in [6, 6.07) is 3.61. The van der Waals surface area contributed by atoms with Crippen molar-refractivity contribution in [2.24, 2.45) is 0 Å². The number of hydrogen-bond donors (Lipinski definition) is 1. The smallest absolute Gasteiger partial charge is 0.211 e. The highest BCUT2D eigenvalue weighted by molar-refractivity contribution is 7.89. The molecule has 0 aliphatic rings. The van der Waals surface area contributed by atoms with Crippen molar-refractivity contribution >= 4 is 33.0 Å². The van der Waals surface area contributed by atoms with Gasteiger partial charge in [-0.1, -0.05) is 18.5 Å². The van der Waals surface area contributed by atoms with E-state index in [0.717, 1.165) is 4.88 Å². The van der Waals surface area contributed by atoms with Gasteiger partial charge in [0.25, 0.3) is 0 Å². The molecule has 0 aliphatic carbocycles. The molecule has 4 nitrogen and oxygen atoms in total. The zero-order valence-electron chi connectivity index (χ0n) is 9.77. The summed E-state index contributed by atoms with van der Waals surface area (Å²) in [7, 11) is -1.65. The molecule has 98 valence electrons. The highest BCUT2D eigenvalue weighted by Gasteiger charge is 2.16. The topological polar surface area (TPSA) is 55.4 Å². The third kappa shape index (κ3) is 4.93. The Labute approximate surface area is 111 Å². The van der Waals surface area contributed by atoms with Gasteiger partial charge in [-0.2, -0.15) is 0 Å². The van der Waals surface area contributed by atoms with Gasteiger partial charge in [0.2, 0.25) is 10.0 Å². The first-order valence-electron chi connectivity index (χ1n) is 5.24. The Kier molecular flexibility index (Phi) is 5.88. The van der Waals surface area contributed by atoms with E-state index in [4.69, 9.17) is 16.3 Å². The van der Waals surface area contributed by atoms with E-state index in [0.29, 0.717) is 10.8 Å². The van der Waals surface area contributed by atoms with Crippen LogP contribution in [-0.2, 0) is 14.8 Å². The number of sulfonamides is 1. The highest BCUT2D eigenvalue weighted by Crippen LogP contribution is 2.28. The van der Waals surface area contributed by atoms with Crippen LogP contribution in [-0.4, -0.2) is 27.8 Å². The first-order valence-corrected chi connectivity index (χ1v) is 8.08. The summed E-state index contributed by atoms with van der Waals surface area (Å²) in [4.78, 5) is 0.914. The Morgan fingerprint density at radius 3 is 2.71 bits per heavy atom. The van der Waals surface area contributed by atoms with Gasteiger partial charge in [-0.25, -0.2) is 13.1 Å². The first-order chi connectivity index (χ1) is 7.98. The average molecular weight is 298 g/mol. The quantitative estimate of drug-likeness (QED) is 0.841. The van der Waals surface area contributed by atoms with Crippen molar-refractivity contribution in [1.82, 2.24) is 4.72 Å². The Morgan fingerprint density at radius 2 is 2.24 bits per heavy atom. The maximum Gasteiger partial charge on any atom is 0.211 e. The fourth-order valence-corrected chi connectivity index (χ4v) is 3.57. The number of ether oxygens (including phenoxy) is 1. The first kappa shape index (κ1) is 14.9. The van der Waals surface area contributed by atoms with Gasteiger partial charge in [0.05, 0.1) is 10.1 Å². The third-order valence-corrected chi connectivity index (χ3v) is 5.03. The van der Waals surface area contributed by atoms with Crippen molar-refractivity contribution in [2.45, 2.75) is 19.4 Å². The second-order valence-corrected chi connectivity index (χ2v) is 7.21. The van der Waals surface area contributed by atoms with Crippen molar-refractivity contribution in [3.8, 4) is 0 Å². The molecule has 7 heteroatoms. The molecule has 0 aliphatic heterocycles. The van der Waals surface area contributed by atoms with Gasteiger partial charge < -0.3 is 4.74 Å². The summed E-state index contributed by atoms with van der Waals surface area (Å²) in [6.45, 7) is 2.06. The summed E-state index contributed by atoms with van der Waals surface area (Å²) in [5.41, 5.74) is 0. The predicted octanol–water partition coefficient (Wildman–Crippen LogP) is 2.42. The summed E-state index contributed by atoms with van der Waals surface area (Å²) in [5, 5.41) is 0. The second-order valence-electron chi connectivity index (χ2n) is 3.53. The zero-order chi connectivity index (χ0) is 12.9. The van der Waals surface area contributed by atoms with Gasteiger partial charge in [-0.3, -0.25) is 0 Å². The number of nitrogens with one attached hydrogen (secondary N) is 1. The summed E-state index contributed by atoms with van der Waals surface area (Å²) in [5.74, 6) is 0.134. The van der Waals surface area contributed by atoms with Gasteiger partial charge in [0.15, 0.2) is 0 Å². The number of halogens is 1. The van der Waals surface area contributed by atoms with Crippen molar-refractivity contribution in [2.75, 3.05) is 19.4 Å². The molecule has 0 amide bonds. The molecule has 0 spiro atoms. The molecule has 0 radical (unpaired) electrons. The Morgan fingerprint density at radius 1 is 1.53 bits per heavy atom. The van der Waals surface area contributed by atoms with Gasteiger partial charge in [-0.05, 0) is 18.6 Å². The van der Waals surface area contributed by atoms with Gasteiger partial charge >= 0.3 is 0 Å². The second kappa shape index (κ2) is 6.70. The third-order valence-electron chi connectivity index (χ3n) is 2.16. The molecular formula is C10H16ClNO3S2. The Bertz CT molecular complexity index is 444. The molecule has 1 atom stereocenters. The van der Waals surface area contributed by atoms with Gasteiger partial charge in [-0.15, -0.1) is 11.3 Å². The lowest BCUT2D eigenvalue weighted by Crippen LogP contribution is -2.30. The van der Waals surface area contributed by atoms with E-state index in [-0.39, 0.29) is 18.4 Å². The largest absolute Gasteiger partial charge is 0.375 e. The van der Waals surface area contributed by atoms with E-state index in [2.05, 4.69) is 4.72 Å². The van der Waals surface area contributed by atoms with Crippen LogP contribution in [0.3, 0.4) is 0 Å². The minimum atomic E-state index is -3.20. The van der Waals surface area contributed by atoms with Crippen LogP contribution in [0.2, 0.25) is 4.34 Å². The van der Waals surface area contributed by atoms with Crippen LogP contribution in [0.4, 0.5) is 0 Å². The Hall–Kier alpha value is -0.140. The van der Waals surface area contributed by atoms with Crippen LogP contribution in [0.15, 0.2) is 12.1 Å². The molecule has 0 fully saturated rings. The molecule has 0 bridgehead atoms. The maximum absolute atomic E-state index is 11.5. The molecule has 17 heavy (non-hydrogen) atoms. The normalized spacial score (nSPS) is 13.8. The monoisotopic (exact) mass is 297 g/mol. The molecule has 1 heterocycles. The SMILES string of the molecule is CCCS(=O)(=O)NC[C@H](OC)c1ccc(Cl)s1. The molecule has 1 aromatic rings. The van der Waals surface area contributed by atoms with E-state index in [1.807, 2.05) is 13.0 Å². The van der Waals surface area contributed by atoms with Gasteiger partial charge in [0, 0.05) is 18.5 Å². The minimum Gasteiger partial charge on any atom is -0.375 e. The lowest BCUT2D eigenvalue weighted by molar-refractivity contribution is 0.110. The average Bonchev–Trinajstić information content (AvgIpc) is 2.65. The summed E-state index contributed by atoms with van der Waals surface area (Å²) >= 11 is 7.22. The standard InChI is InChI=1S/C10H16ClNO3S2/c1-3-6-17(13,14)12-7-8(15-2)9-4-5-10(11)16-9/h4-5,8,12H,3,6-7H2,1-2H3/t8-/m0/s1. The zero-order valence-corrected chi connectivity index (χ0v) is 12.2. The van der Waals surface area contributed by atoms with Crippen molar-refractivity contribution in [3.05, 3.63) is 21.3 Å². The number of methoxy groups -OCH3 is 1. The molecule has 0 saturated heterocycles. The van der Waals surface area contributed by atoms with Crippen LogP contribution < -0.4 is 4.72 Å². The van der Waals surface area contributed by atoms with Crippen LogP contribution in [0.5, 0.6) is 0 Å². The van der Waals surface area contributed by atoms with Crippen molar-refractivity contribution in [1.29, 1.82) is 0 Å². The van der Waals surface area contributed by atoms with Crippen molar-refractivity contribution < 1.29 is 13.2 Å². The Balaban J connectivity index is 2.60. The van der Waals surface area contributed by atoms with Gasteiger partial charge in [0.1, 0.15) is 6.10 Å². The molecule has 1 rings (SSSR count). The minimum absolute atomic E-state index is 0.134. The van der Waals surface area contributed by atoms with Crippen LogP contribution in [0, 0.1) is 0 Å². The maximum atomic E-state index is 11.5. The highest BCUT2D eigenvalue weighted by atomic mass is 35.5. The molecule has 1 N–H and O–H groups in total. The lowest BCUT2D eigenvalue weighted by Gasteiger charge is -2.14. The molecule has 0 unspecified atom stereocenters. The molecule has 0 aromatic carbocycles. The summed E-state index contributed by atoms with van der Waals surface area (Å²) < 4.78 is 31.4.